The minimum absolute atomic E-state index is 0.0348. The van der Waals surface area contributed by atoms with E-state index in [2.05, 4.69) is 21.2 Å². The molecular weight excluding hydrogens is 342 g/mol. The Labute approximate surface area is 129 Å². The first-order valence-corrected chi connectivity index (χ1v) is 7.56. The van der Waals surface area contributed by atoms with Gasteiger partial charge in [0.05, 0.1) is 17.4 Å². The lowest BCUT2D eigenvalue weighted by Crippen LogP contribution is -2.28. The van der Waals surface area contributed by atoms with Crippen LogP contribution in [0, 0.1) is 0 Å². The topological polar surface area (TPSA) is 47.6 Å². The first-order valence-electron chi connectivity index (χ1n) is 5.96. The third-order valence-corrected chi connectivity index (χ3v) is 4.14. The molecule has 0 saturated carbocycles. The normalized spacial score (nSPS) is 10.1. The molecule has 2 aromatic rings. The van der Waals surface area contributed by atoms with Crippen molar-refractivity contribution in [1.82, 2.24) is 5.32 Å². The van der Waals surface area contributed by atoms with E-state index in [0.29, 0.717) is 18.0 Å². The summed E-state index contributed by atoms with van der Waals surface area (Å²) in [6.45, 7) is 0.470. The first kappa shape index (κ1) is 14.9. The predicted molar refractivity (Wildman–Crippen MR) is 82.4 cm³/mol. The lowest BCUT2D eigenvalue weighted by Gasteiger charge is -2.10. The Balaban J connectivity index is 1.80. The van der Waals surface area contributed by atoms with Gasteiger partial charge in [0.25, 0.3) is 5.91 Å². The van der Waals surface area contributed by atoms with Crippen LogP contribution in [0.2, 0.25) is 0 Å². The fourth-order valence-corrected chi connectivity index (χ4v) is 2.99. The number of halogens is 1. The third kappa shape index (κ3) is 4.25. The number of thiophene rings is 1. The molecule has 1 amide bonds. The quantitative estimate of drug-likeness (QED) is 0.865. The number of carbonyl (C=O) groups is 1. The predicted octanol–water partition coefficient (Wildman–Crippen LogP) is 3.21. The average molecular weight is 356 g/mol. The Hall–Kier alpha value is -1.53. The monoisotopic (exact) mass is 355 g/mol. The summed E-state index contributed by atoms with van der Waals surface area (Å²) >= 11 is 4.97. The lowest BCUT2D eigenvalue weighted by atomic mass is 10.3. The summed E-state index contributed by atoms with van der Waals surface area (Å²) in [4.78, 5) is 12.8. The van der Waals surface area contributed by atoms with Crippen molar-refractivity contribution < 1.29 is 14.3 Å². The maximum absolute atomic E-state index is 11.7. The standard InChI is InChI=1S/C14H14BrNO3S/c1-18-11-4-2-3-5-12(11)19-9-14(17)16-8-10-6-7-13(15)20-10/h2-7H,8-9H2,1H3,(H,16,17). The summed E-state index contributed by atoms with van der Waals surface area (Å²) in [7, 11) is 1.57. The van der Waals surface area contributed by atoms with Gasteiger partial charge < -0.3 is 14.8 Å². The zero-order chi connectivity index (χ0) is 14.4. The minimum atomic E-state index is -0.166. The molecule has 0 radical (unpaired) electrons. The second-order valence-corrected chi connectivity index (χ2v) is 6.47. The van der Waals surface area contributed by atoms with Crippen molar-refractivity contribution in [3.8, 4) is 11.5 Å². The maximum Gasteiger partial charge on any atom is 0.258 e. The number of methoxy groups -OCH3 is 1. The molecule has 0 spiro atoms. The van der Waals surface area contributed by atoms with E-state index in [1.54, 1.807) is 30.6 Å². The minimum Gasteiger partial charge on any atom is -0.493 e. The van der Waals surface area contributed by atoms with E-state index >= 15 is 0 Å². The molecule has 0 aliphatic heterocycles. The lowest BCUT2D eigenvalue weighted by molar-refractivity contribution is -0.123. The Morgan fingerprint density at radius 2 is 2.00 bits per heavy atom. The molecule has 1 aromatic carbocycles. The highest BCUT2D eigenvalue weighted by atomic mass is 79.9. The molecule has 6 heteroatoms. The van der Waals surface area contributed by atoms with Crippen LogP contribution in [0.4, 0.5) is 0 Å². The van der Waals surface area contributed by atoms with E-state index in [-0.39, 0.29) is 12.5 Å². The number of nitrogens with one attached hydrogen (secondary N) is 1. The smallest absolute Gasteiger partial charge is 0.258 e. The van der Waals surface area contributed by atoms with E-state index in [4.69, 9.17) is 9.47 Å². The van der Waals surface area contributed by atoms with Crippen molar-refractivity contribution in [2.45, 2.75) is 6.54 Å². The van der Waals surface area contributed by atoms with Crippen molar-refractivity contribution >= 4 is 33.2 Å². The van der Waals surface area contributed by atoms with Crippen LogP contribution in [-0.2, 0) is 11.3 Å². The number of para-hydroxylation sites is 2. The van der Waals surface area contributed by atoms with Gasteiger partial charge in [-0.25, -0.2) is 0 Å². The molecule has 0 unspecified atom stereocenters. The molecule has 1 aromatic heterocycles. The molecule has 106 valence electrons. The molecule has 4 nitrogen and oxygen atoms in total. The van der Waals surface area contributed by atoms with Crippen LogP contribution in [0.5, 0.6) is 11.5 Å². The largest absolute Gasteiger partial charge is 0.493 e. The van der Waals surface area contributed by atoms with E-state index < -0.39 is 0 Å². The van der Waals surface area contributed by atoms with Crippen LogP contribution in [0.25, 0.3) is 0 Å². The maximum atomic E-state index is 11.7. The highest BCUT2D eigenvalue weighted by Crippen LogP contribution is 2.25. The molecule has 20 heavy (non-hydrogen) atoms. The molecule has 2 rings (SSSR count). The SMILES string of the molecule is COc1ccccc1OCC(=O)NCc1ccc(Br)s1. The van der Waals surface area contributed by atoms with E-state index in [1.165, 1.54) is 0 Å². The summed E-state index contributed by atoms with van der Waals surface area (Å²) in [5, 5.41) is 2.80. The second kappa shape index (κ2) is 7.31. The van der Waals surface area contributed by atoms with E-state index in [1.807, 2.05) is 24.3 Å². The van der Waals surface area contributed by atoms with Crippen LogP contribution in [0.3, 0.4) is 0 Å². The van der Waals surface area contributed by atoms with Gasteiger partial charge in [-0.3, -0.25) is 4.79 Å². The fraction of sp³-hybridized carbons (Fsp3) is 0.214. The Morgan fingerprint density at radius 1 is 1.25 bits per heavy atom. The number of benzene rings is 1. The molecule has 0 bridgehead atoms. The molecule has 0 aliphatic rings. The number of hydrogen-bond donors (Lipinski definition) is 1. The van der Waals surface area contributed by atoms with E-state index in [9.17, 15) is 4.79 Å². The summed E-state index contributed by atoms with van der Waals surface area (Å²) in [5.74, 6) is 1.01. The van der Waals surface area contributed by atoms with Crippen molar-refractivity contribution in [3.05, 3.63) is 45.1 Å². The molecular formula is C14H14BrNO3S. The summed E-state index contributed by atoms with van der Waals surface area (Å²) < 4.78 is 11.6. The van der Waals surface area contributed by atoms with Gasteiger partial charge in [-0.2, -0.15) is 0 Å². The summed E-state index contributed by atoms with van der Waals surface area (Å²) in [6.07, 6.45) is 0. The highest BCUT2D eigenvalue weighted by molar-refractivity contribution is 9.11. The number of hydrogen-bond acceptors (Lipinski definition) is 4. The van der Waals surface area contributed by atoms with Crippen LogP contribution >= 0.6 is 27.3 Å². The highest BCUT2D eigenvalue weighted by Gasteiger charge is 2.07. The molecule has 0 aliphatic carbocycles. The molecule has 0 atom stereocenters. The second-order valence-electron chi connectivity index (χ2n) is 3.92. The zero-order valence-electron chi connectivity index (χ0n) is 10.9. The number of rotatable bonds is 6. The van der Waals surface area contributed by atoms with Gasteiger partial charge in [-0.15, -0.1) is 11.3 Å². The number of carbonyl (C=O) groups excluding carboxylic acids is 1. The molecule has 1 heterocycles. The summed E-state index contributed by atoms with van der Waals surface area (Å²) in [6, 6.07) is 11.2. The number of amides is 1. The van der Waals surface area contributed by atoms with Crippen molar-refractivity contribution in [1.29, 1.82) is 0 Å². The third-order valence-electron chi connectivity index (χ3n) is 2.52. The zero-order valence-corrected chi connectivity index (χ0v) is 13.3. The average Bonchev–Trinajstić information content (AvgIpc) is 2.89. The van der Waals surface area contributed by atoms with E-state index in [0.717, 1.165) is 8.66 Å². The van der Waals surface area contributed by atoms with Gasteiger partial charge in [0, 0.05) is 4.88 Å². The van der Waals surface area contributed by atoms with Gasteiger partial charge in [-0.1, -0.05) is 12.1 Å². The molecule has 0 saturated heterocycles. The van der Waals surface area contributed by atoms with Crippen LogP contribution < -0.4 is 14.8 Å². The van der Waals surface area contributed by atoms with Gasteiger partial charge >= 0.3 is 0 Å². The van der Waals surface area contributed by atoms with Crippen LogP contribution in [0.15, 0.2) is 40.2 Å². The van der Waals surface area contributed by atoms with Crippen LogP contribution in [0.1, 0.15) is 4.88 Å². The molecule has 0 fully saturated rings. The van der Waals surface area contributed by atoms with Crippen LogP contribution in [-0.4, -0.2) is 19.6 Å². The first-order chi connectivity index (χ1) is 9.69. The number of ether oxygens (including phenoxy) is 2. The van der Waals surface area contributed by atoms with Crippen molar-refractivity contribution in [3.63, 3.8) is 0 Å². The van der Waals surface area contributed by atoms with Gasteiger partial charge in [-0.05, 0) is 40.2 Å². The fourth-order valence-electron chi connectivity index (χ4n) is 1.56. The van der Waals surface area contributed by atoms with Crippen molar-refractivity contribution in [2.24, 2.45) is 0 Å². The Morgan fingerprint density at radius 3 is 2.65 bits per heavy atom. The molecule has 1 N–H and O–H groups in total. The van der Waals surface area contributed by atoms with Gasteiger partial charge in [0.2, 0.25) is 0 Å². The van der Waals surface area contributed by atoms with Gasteiger partial charge in [0.15, 0.2) is 18.1 Å². The Kier molecular flexibility index (Phi) is 5.43. The Bertz CT molecular complexity index is 585. The van der Waals surface area contributed by atoms with Crippen molar-refractivity contribution in [2.75, 3.05) is 13.7 Å². The summed E-state index contributed by atoms with van der Waals surface area (Å²) in [5.41, 5.74) is 0. The van der Waals surface area contributed by atoms with Gasteiger partial charge in [0.1, 0.15) is 0 Å².